The van der Waals surface area contributed by atoms with Crippen molar-refractivity contribution in [3.8, 4) is 28.7 Å². The monoisotopic (exact) mass is 300 g/mol. The minimum atomic E-state index is 0.0923. The van der Waals surface area contributed by atoms with E-state index in [1.807, 2.05) is 6.08 Å². The lowest BCUT2D eigenvalue weighted by atomic mass is 9.99. The topological polar surface area (TPSA) is 68.2 Å². The zero-order valence-electron chi connectivity index (χ0n) is 12.3. The molecule has 3 rings (SSSR count). The Labute approximate surface area is 128 Å². The number of hydrogen-bond donors (Lipinski definition) is 2. The van der Waals surface area contributed by atoms with E-state index >= 15 is 0 Å². The number of rotatable bonds is 3. The molecule has 0 saturated carbocycles. The van der Waals surface area contributed by atoms with Gasteiger partial charge in [0, 0.05) is 28.8 Å². The van der Waals surface area contributed by atoms with E-state index in [1.54, 1.807) is 31.4 Å². The maximum atomic E-state index is 10.2. The number of methoxy groups -OCH3 is 2. The van der Waals surface area contributed by atoms with Crippen LogP contribution in [0.15, 0.2) is 30.3 Å². The molecule has 5 heteroatoms. The third kappa shape index (κ3) is 2.41. The second-order valence-electron chi connectivity index (χ2n) is 4.90. The number of benzene rings is 2. The smallest absolute Gasteiger partial charge is 0.164 e. The van der Waals surface area contributed by atoms with E-state index in [4.69, 9.17) is 14.2 Å². The molecule has 2 N–H and O–H groups in total. The van der Waals surface area contributed by atoms with Crippen LogP contribution in [0.4, 0.5) is 0 Å². The van der Waals surface area contributed by atoms with Crippen molar-refractivity contribution in [1.29, 1.82) is 0 Å². The molecular formula is C17H16O5. The fraction of sp³-hybridized carbons (Fsp3) is 0.176. The molecule has 0 aromatic heterocycles. The van der Waals surface area contributed by atoms with E-state index in [1.165, 1.54) is 13.2 Å². The van der Waals surface area contributed by atoms with Crippen LogP contribution in [0, 0.1) is 0 Å². The van der Waals surface area contributed by atoms with Gasteiger partial charge >= 0.3 is 0 Å². The van der Waals surface area contributed by atoms with Gasteiger partial charge in [0.1, 0.15) is 23.9 Å². The molecule has 0 unspecified atom stereocenters. The lowest BCUT2D eigenvalue weighted by molar-refractivity contribution is 0.349. The highest BCUT2D eigenvalue weighted by molar-refractivity contribution is 5.88. The van der Waals surface area contributed by atoms with E-state index in [2.05, 4.69) is 0 Å². The van der Waals surface area contributed by atoms with Gasteiger partial charge in [0.25, 0.3) is 0 Å². The van der Waals surface area contributed by atoms with Crippen LogP contribution in [-0.4, -0.2) is 31.0 Å². The number of phenols is 2. The van der Waals surface area contributed by atoms with Crippen LogP contribution in [0.25, 0.3) is 11.6 Å². The Balaban J connectivity index is 2.06. The molecule has 0 spiro atoms. The van der Waals surface area contributed by atoms with Crippen molar-refractivity contribution in [2.24, 2.45) is 0 Å². The van der Waals surface area contributed by atoms with Gasteiger partial charge in [-0.25, -0.2) is 0 Å². The number of phenolic OH excluding ortho intramolecular Hbond substituents is 2. The highest BCUT2D eigenvalue weighted by Crippen LogP contribution is 2.40. The molecule has 0 amide bonds. The number of ether oxygens (including phenoxy) is 3. The minimum Gasteiger partial charge on any atom is -0.508 e. The summed E-state index contributed by atoms with van der Waals surface area (Å²) >= 11 is 0. The Morgan fingerprint density at radius 3 is 2.45 bits per heavy atom. The molecule has 1 aliphatic rings. The van der Waals surface area contributed by atoms with Crippen LogP contribution in [0.2, 0.25) is 0 Å². The van der Waals surface area contributed by atoms with Gasteiger partial charge in [-0.3, -0.25) is 0 Å². The summed E-state index contributed by atoms with van der Waals surface area (Å²) in [5, 5.41) is 19.7. The van der Waals surface area contributed by atoms with Gasteiger partial charge < -0.3 is 24.4 Å². The van der Waals surface area contributed by atoms with Crippen molar-refractivity contribution in [2.75, 3.05) is 20.8 Å². The lowest BCUT2D eigenvalue weighted by Crippen LogP contribution is -2.07. The normalized spacial score (nSPS) is 12.9. The summed E-state index contributed by atoms with van der Waals surface area (Å²) in [5.74, 6) is 1.86. The first-order valence-corrected chi connectivity index (χ1v) is 6.74. The largest absolute Gasteiger partial charge is 0.508 e. The van der Waals surface area contributed by atoms with Gasteiger partial charge in [-0.1, -0.05) is 0 Å². The molecular weight excluding hydrogens is 284 g/mol. The van der Waals surface area contributed by atoms with Gasteiger partial charge in [-0.2, -0.15) is 0 Å². The molecule has 1 aliphatic heterocycles. The van der Waals surface area contributed by atoms with Crippen molar-refractivity contribution in [1.82, 2.24) is 0 Å². The molecule has 0 saturated heterocycles. The quantitative estimate of drug-likeness (QED) is 0.912. The van der Waals surface area contributed by atoms with Gasteiger partial charge in [0.05, 0.1) is 14.2 Å². The number of aromatic hydroxyl groups is 2. The first kappa shape index (κ1) is 14.1. The van der Waals surface area contributed by atoms with Gasteiger partial charge in [-0.15, -0.1) is 0 Å². The number of hydrogen-bond acceptors (Lipinski definition) is 5. The highest BCUT2D eigenvalue weighted by atomic mass is 16.5. The first-order chi connectivity index (χ1) is 10.6. The summed E-state index contributed by atoms with van der Waals surface area (Å²) in [6, 6.07) is 8.16. The summed E-state index contributed by atoms with van der Waals surface area (Å²) in [6.45, 7) is 0.291. The van der Waals surface area contributed by atoms with Crippen molar-refractivity contribution in [3.63, 3.8) is 0 Å². The van der Waals surface area contributed by atoms with Crippen molar-refractivity contribution in [2.45, 2.75) is 0 Å². The van der Waals surface area contributed by atoms with Crippen molar-refractivity contribution < 1.29 is 24.4 Å². The third-order valence-corrected chi connectivity index (χ3v) is 3.56. The second kappa shape index (κ2) is 5.52. The molecule has 0 aliphatic carbocycles. The van der Waals surface area contributed by atoms with Crippen LogP contribution < -0.4 is 14.2 Å². The molecule has 0 fully saturated rings. The molecule has 1 heterocycles. The maximum Gasteiger partial charge on any atom is 0.164 e. The summed E-state index contributed by atoms with van der Waals surface area (Å²) in [6.07, 6.45) is 1.92. The third-order valence-electron chi connectivity index (χ3n) is 3.56. The SMILES string of the molecule is COc1cc(O)c(C2=Cc3ccc(O)cc3OC2)cc1OC. The summed E-state index contributed by atoms with van der Waals surface area (Å²) < 4.78 is 16.1. The molecule has 2 aromatic carbocycles. The number of fused-ring (bicyclic) bond motifs is 1. The highest BCUT2D eigenvalue weighted by Gasteiger charge is 2.18. The Morgan fingerprint density at radius 1 is 1.00 bits per heavy atom. The summed E-state index contributed by atoms with van der Waals surface area (Å²) in [7, 11) is 3.06. The molecule has 0 atom stereocenters. The van der Waals surface area contributed by atoms with E-state index in [0.29, 0.717) is 29.4 Å². The summed E-state index contributed by atoms with van der Waals surface area (Å²) in [4.78, 5) is 0. The maximum absolute atomic E-state index is 10.2. The van der Waals surface area contributed by atoms with E-state index in [0.717, 1.165) is 11.1 Å². The predicted molar refractivity (Wildman–Crippen MR) is 82.7 cm³/mol. The molecule has 5 nitrogen and oxygen atoms in total. The first-order valence-electron chi connectivity index (χ1n) is 6.74. The molecule has 0 radical (unpaired) electrons. The Kier molecular flexibility index (Phi) is 3.55. The Bertz CT molecular complexity index is 749. The van der Waals surface area contributed by atoms with Crippen molar-refractivity contribution >= 4 is 11.6 Å². The fourth-order valence-corrected chi connectivity index (χ4v) is 2.43. The van der Waals surface area contributed by atoms with Crippen LogP contribution in [0.1, 0.15) is 11.1 Å². The average molecular weight is 300 g/mol. The van der Waals surface area contributed by atoms with Gasteiger partial charge in [0.2, 0.25) is 0 Å². The lowest BCUT2D eigenvalue weighted by Gasteiger charge is -2.20. The van der Waals surface area contributed by atoms with Gasteiger partial charge in [0.15, 0.2) is 11.5 Å². The van der Waals surface area contributed by atoms with Crippen LogP contribution in [0.3, 0.4) is 0 Å². The van der Waals surface area contributed by atoms with Crippen LogP contribution >= 0.6 is 0 Å². The van der Waals surface area contributed by atoms with E-state index in [9.17, 15) is 10.2 Å². The Morgan fingerprint density at radius 2 is 1.73 bits per heavy atom. The predicted octanol–water partition coefficient (Wildman–Crippen LogP) is 3.05. The molecule has 2 aromatic rings. The van der Waals surface area contributed by atoms with E-state index < -0.39 is 0 Å². The molecule has 22 heavy (non-hydrogen) atoms. The van der Waals surface area contributed by atoms with Crippen LogP contribution in [0.5, 0.6) is 28.7 Å². The van der Waals surface area contributed by atoms with E-state index in [-0.39, 0.29) is 11.5 Å². The fourth-order valence-electron chi connectivity index (χ4n) is 2.43. The zero-order chi connectivity index (χ0) is 15.7. The standard InChI is InChI=1S/C17H16O5/c1-20-16-7-13(14(19)8-17(16)21-2)11-5-10-3-4-12(18)6-15(10)22-9-11/h3-8,18-19H,9H2,1-2H3. The van der Waals surface area contributed by atoms with Crippen molar-refractivity contribution in [3.05, 3.63) is 41.5 Å². The second-order valence-corrected chi connectivity index (χ2v) is 4.90. The van der Waals surface area contributed by atoms with Crippen LogP contribution in [-0.2, 0) is 0 Å². The minimum absolute atomic E-state index is 0.0923. The summed E-state index contributed by atoms with van der Waals surface area (Å²) in [5.41, 5.74) is 2.28. The molecule has 114 valence electrons. The molecule has 0 bridgehead atoms. The Hall–Kier alpha value is -2.82. The average Bonchev–Trinajstić information content (AvgIpc) is 2.54. The zero-order valence-corrected chi connectivity index (χ0v) is 12.3. The van der Waals surface area contributed by atoms with Gasteiger partial charge in [-0.05, 0) is 24.3 Å².